The summed E-state index contributed by atoms with van der Waals surface area (Å²) < 4.78 is 5.20. The first kappa shape index (κ1) is 20.9. The maximum atomic E-state index is 12.5. The van der Waals surface area contributed by atoms with Gasteiger partial charge in [0, 0.05) is 6.04 Å². The predicted octanol–water partition coefficient (Wildman–Crippen LogP) is 3.52. The maximum absolute atomic E-state index is 12.5. The van der Waals surface area contributed by atoms with Gasteiger partial charge in [0.25, 0.3) is 5.91 Å². The van der Waals surface area contributed by atoms with E-state index in [2.05, 4.69) is 10.6 Å². The Labute approximate surface area is 161 Å². The standard InChI is InChI=1S/C21H30N2O4/c1-3-15(2)19(16-10-6-4-7-11-16)20(25)27-14-18(24)23-21(26)22-17-12-8-5-9-13-17/h4,6-7,10-11,15,17,19H,3,5,8-9,12-14H2,1-2H3,(H2,22,23,24,26). The Bertz CT molecular complexity index is 626. The van der Waals surface area contributed by atoms with Gasteiger partial charge in [0.05, 0.1) is 5.92 Å². The molecule has 27 heavy (non-hydrogen) atoms. The van der Waals surface area contributed by atoms with Crippen molar-refractivity contribution in [3.05, 3.63) is 35.9 Å². The molecule has 1 aliphatic rings. The second kappa shape index (κ2) is 10.7. The van der Waals surface area contributed by atoms with E-state index in [1.165, 1.54) is 6.42 Å². The highest BCUT2D eigenvalue weighted by Gasteiger charge is 2.28. The van der Waals surface area contributed by atoms with Crippen molar-refractivity contribution in [1.29, 1.82) is 0 Å². The summed E-state index contributed by atoms with van der Waals surface area (Å²) in [6.07, 6.45) is 6.05. The van der Waals surface area contributed by atoms with E-state index >= 15 is 0 Å². The molecule has 0 aliphatic heterocycles. The highest BCUT2D eigenvalue weighted by molar-refractivity contribution is 5.95. The number of amides is 3. The summed E-state index contributed by atoms with van der Waals surface area (Å²) >= 11 is 0. The minimum absolute atomic E-state index is 0.0811. The average Bonchev–Trinajstić information content (AvgIpc) is 2.68. The van der Waals surface area contributed by atoms with Crippen LogP contribution in [0.4, 0.5) is 4.79 Å². The van der Waals surface area contributed by atoms with Crippen molar-refractivity contribution < 1.29 is 19.1 Å². The van der Waals surface area contributed by atoms with Crippen molar-refractivity contribution in [3.63, 3.8) is 0 Å². The predicted molar refractivity (Wildman–Crippen MR) is 103 cm³/mol. The van der Waals surface area contributed by atoms with Crippen LogP contribution in [0.3, 0.4) is 0 Å². The van der Waals surface area contributed by atoms with Crippen LogP contribution in [0.25, 0.3) is 0 Å². The molecule has 0 radical (unpaired) electrons. The van der Waals surface area contributed by atoms with Crippen LogP contribution in [-0.4, -0.2) is 30.6 Å². The number of hydrogen-bond donors (Lipinski definition) is 2. The summed E-state index contributed by atoms with van der Waals surface area (Å²) in [7, 11) is 0. The summed E-state index contributed by atoms with van der Waals surface area (Å²) in [6.45, 7) is 3.53. The molecule has 2 rings (SSSR count). The van der Waals surface area contributed by atoms with E-state index in [0.29, 0.717) is 0 Å². The lowest BCUT2D eigenvalue weighted by Gasteiger charge is -2.23. The van der Waals surface area contributed by atoms with Gasteiger partial charge in [-0.15, -0.1) is 0 Å². The number of imide groups is 1. The Morgan fingerprint density at radius 1 is 1.11 bits per heavy atom. The molecule has 1 saturated carbocycles. The molecule has 6 heteroatoms. The fourth-order valence-corrected chi connectivity index (χ4v) is 3.45. The van der Waals surface area contributed by atoms with Gasteiger partial charge in [-0.05, 0) is 24.3 Å². The number of ether oxygens (including phenoxy) is 1. The van der Waals surface area contributed by atoms with Crippen LogP contribution in [0.1, 0.15) is 63.9 Å². The fraction of sp³-hybridized carbons (Fsp3) is 0.571. The Kier molecular flexibility index (Phi) is 8.30. The third kappa shape index (κ3) is 6.70. The number of hydrogen-bond acceptors (Lipinski definition) is 4. The first-order chi connectivity index (χ1) is 13.0. The summed E-state index contributed by atoms with van der Waals surface area (Å²) in [5.41, 5.74) is 0.868. The van der Waals surface area contributed by atoms with E-state index in [-0.39, 0.29) is 12.0 Å². The SMILES string of the molecule is CCC(C)C(C(=O)OCC(=O)NC(=O)NC1CCCCC1)c1ccccc1. The van der Waals surface area contributed by atoms with E-state index in [4.69, 9.17) is 4.74 Å². The summed E-state index contributed by atoms with van der Waals surface area (Å²) in [6, 6.07) is 9.00. The zero-order valence-corrected chi connectivity index (χ0v) is 16.2. The van der Waals surface area contributed by atoms with E-state index in [9.17, 15) is 14.4 Å². The molecule has 1 aromatic rings. The van der Waals surface area contributed by atoms with Gasteiger partial charge in [0.2, 0.25) is 0 Å². The highest BCUT2D eigenvalue weighted by Crippen LogP contribution is 2.28. The number of benzene rings is 1. The lowest BCUT2D eigenvalue weighted by Crippen LogP contribution is -2.46. The molecular formula is C21H30N2O4. The third-order valence-corrected chi connectivity index (χ3v) is 5.16. The van der Waals surface area contributed by atoms with Crippen LogP contribution in [0.2, 0.25) is 0 Å². The topological polar surface area (TPSA) is 84.5 Å². The highest BCUT2D eigenvalue weighted by atomic mass is 16.5. The first-order valence-corrected chi connectivity index (χ1v) is 9.83. The quantitative estimate of drug-likeness (QED) is 0.715. The molecule has 3 amide bonds. The van der Waals surface area contributed by atoms with Crippen molar-refractivity contribution in [2.45, 2.75) is 64.3 Å². The van der Waals surface area contributed by atoms with Gasteiger partial charge < -0.3 is 10.1 Å². The van der Waals surface area contributed by atoms with Crippen LogP contribution in [0, 0.1) is 5.92 Å². The molecule has 2 unspecified atom stereocenters. The van der Waals surface area contributed by atoms with Crippen molar-refractivity contribution in [2.24, 2.45) is 5.92 Å². The number of carbonyl (C=O) groups excluding carboxylic acids is 3. The minimum atomic E-state index is -0.618. The normalized spacial score (nSPS) is 16.8. The Morgan fingerprint density at radius 2 is 1.78 bits per heavy atom. The molecule has 148 valence electrons. The van der Waals surface area contributed by atoms with Gasteiger partial charge >= 0.3 is 12.0 Å². The van der Waals surface area contributed by atoms with Gasteiger partial charge in [-0.2, -0.15) is 0 Å². The van der Waals surface area contributed by atoms with E-state index in [0.717, 1.165) is 37.7 Å². The van der Waals surface area contributed by atoms with Crippen molar-refractivity contribution in [2.75, 3.05) is 6.61 Å². The molecule has 6 nitrogen and oxygen atoms in total. The zero-order chi connectivity index (χ0) is 19.6. The lowest BCUT2D eigenvalue weighted by atomic mass is 9.86. The Morgan fingerprint density at radius 3 is 2.41 bits per heavy atom. The molecule has 0 aromatic heterocycles. The number of rotatable bonds is 7. The maximum Gasteiger partial charge on any atom is 0.321 e. The van der Waals surface area contributed by atoms with Crippen LogP contribution < -0.4 is 10.6 Å². The zero-order valence-electron chi connectivity index (χ0n) is 16.2. The monoisotopic (exact) mass is 374 g/mol. The molecule has 0 bridgehead atoms. The number of carbonyl (C=O) groups is 3. The van der Waals surface area contributed by atoms with E-state index in [1.807, 2.05) is 44.2 Å². The summed E-state index contributed by atoms with van der Waals surface area (Å²) in [5.74, 6) is -1.41. The van der Waals surface area contributed by atoms with Crippen molar-refractivity contribution in [1.82, 2.24) is 10.6 Å². The van der Waals surface area contributed by atoms with Crippen LogP contribution in [-0.2, 0) is 14.3 Å². The van der Waals surface area contributed by atoms with Gasteiger partial charge in [0.15, 0.2) is 6.61 Å². The largest absolute Gasteiger partial charge is 0.455 e. The number of esters is 1. The second-order valence-corrected chi connectivity index (χ2v) is 7.24. The van der Waals surface area contributed by atoms with Crippen molar-refractivity contribution in [3.8, 4) is 0 Å². The van der Waals surface area contributed by atoms with Crippen LogP contribution in [0.15, 0.2) is 30.3 Å². The Hall–Kier alpha value is -2.37. The second-order valence-electron chi connectivity index (χ2n) is 7.24. The molecule has 1 fully saturated rings. The number of nitrogens with one attached hydrogen (secondary N) is 2. The molecule has 1 aromatic carbocycles. The lowest BCUT2D eigenvalue weighted by molar-refractivity contribution is -0.151. The average molecular weight is 374 g/mol. The van der Waals surface area contributed by atoms with Crippen molar-refractivity contribution >= 4 is 17.9 Å². The van der Waals surface area contributed by atoms with E-state index in [1.54, 1.807) is 0 Å². The van der Waals surface area contributed by atoms with Gasteiger partial charge in [-0.25, -0.2) is 4.79 Å². The fourth-order valence-electron chi connectivity index (χ4n) is 3.45. The molecule has 1 aliphatic carbocycles. The van der Waals surface area contributed by atoms with Crippen LogP contribution >= 0.6 is 0 Å². The van der Waals surface area contributed by atoms with Gasteiger partial charge in [-0.3, -0.25) is 14.9 Å². The summed E-state index contributed by atoms with van der Waals surface area (Å²) in [4.78, 5) is 36.4. The first-order valence-electron chi connectivity index (χ1n) is 9.83. The molecule has 0 heterocycles. The van der Waals surface area contributed by atoms with Gasteiger partial charge in [0.1, 0.15) is 0 Å². The number of urea groups is 1. The Balaban J connectivity index is 1.83. The minimum Gasteiger partial charge on any atom is -0.455 e. The molecule has 2 atom stereocenters. The summed E-state index contributed by atoms with van der Waals surface area (Å²) in [5, 5.41) is 5.04. The molecule has 2 N–H and O–H groups in total. The van der Waals surface area contributed by atoms with Crippen LogP contribution in [0.5, 0.6) is 0 Å². The molecular weight excluding hydrogens is 344 g/mol. The molecule has 0 saturated heterocycles. The molecule has 0 spiro atoms. The van der Waals surface area contributed by atoms with E-state index < -0.39 is 30.4 Å². The van der Waals surface area contributed by atoms with Gasteiger partial charge in [-0.1, -0.05) is 69.9 Å². The smallest absolute Gasteiger partial charge is 0.321 e. The third-order valence-electron chi connectivity index (χ3n) is 5.16.